The van der Waals surface area contributed by atoms with Gasteiger partial charge in [-0.3, -0.25) is 9.59 Å². The van der Waals surface area contributed by atoms with E-state index in [0.29, 0.717) is 6.42 Å². The number of carbonyl (C=O) groups is 2. The molecule has 0 unspecified atom stereocenters. The van der Waals surface area contributed by atoms with Gasteiger partial charge in [0.25, 0.3) is 5.91 Å². The van der Waals surface area contributed by atoms with Gasteiger partial charge in [0.05, 0.1) is 0 Å². The molecule has 0 N–H and O–H groups in total. The molecule has 2 fully saturated rings. The van der Waals surface area contributed by atoms with Crippen molar-refractivity contribution in [2.75, 3.05) is 32.8 Å². The quantitative estimate of drug-likeness (QED) is 0.785. The first-order chi connectivity index (χ1) is 12.6. The lowest BCUT2D eigenvalue weighted by molar-refractivity contribution is -0.144. The molecule has 0 bridgehead atoms. The number of carbonyl (C=O) groups excluding carboxylic acids is 2. The Labute approximate surface area is 156 Å². The molecule has 0 saturated carbocycles. The van der Waals surface area contributed by atoms with Crippen molar-refractivity contribution in [3.63, 3.8) is 0 Å². The fourth-order valence-electron chi connectivity index (χ4n) is 4.16. The molecular formula is C21H30N2O3. The number of hydrogen-bond acceptors (Lipinski definition) is 3. The normalized spacial score (nSPS) is 23.3. The van der Waals surface area contributed by atoms with Crippen LogP contribution >= 0.6 is 0 Å². The number of ether oxygens (including phenoxy) is 1. The molecule has 2 aliphatic rings. The number of benzene rings is 1. The molecule has 1 atom stereocenters. The fraction of sp³-hybridized carbons (Fsp3) is 0.619. The monoisotopic (exact) mass is 358 g/mol. The van der Waals surface area contributed by atoms with E-state index in [0.717, 1.165) is 64.0 Å². The minimum absolute atomic E-state index is 0.0462. The molecule has 0 radical (unpaired) electrons. The van der Waals surface area contributed by atoms with Crippen LogP contribution < -0.4 is 4.74 Å². The molecule has 142 valence electrons. The molecule has 0 aromatic heterocycles. The highest BCUT2D eigenvalue weighted by Gasteiger charge is 2.42. The zero-order valence-corrected chi connectivity index (χ0v) is 15.8. The predicted molar refractivity (Wildman–Crippen MR) is 101 cm³/mol. The first-order valence-electron chi connectivity index (χ1n) is 9.85. The topological polar surface area (TPSA) is 49.9 Å². The van der Waals surface area contributed by atoms with Crippen LogP contribution in [-0.4, -0.2) is 54.4 Å². The predicted octanol–water partition coefficient (Wildman–Crippen LogP) is 3.10. The molecule has 5 nitrogen and oxygen atoms in total. The molecule has 2 amide bonds. The summed E-state index contributed by atoms with van der Waals surface area (Å²) in [5.74, 6) is 1.05. The van der Waals surface area contributed by atoms with Gasteiger partial charge >= 0.3 is 0 Å². The van der Waals surface area contributed by atoms with Gasteiger partial charge in [-0.05, 0) is 37.8 Å². The number of rotatable bonds is 6. The molecule has 2 heterocycles. The van der Waals surface area contributed by atoms with Crippen molar-refractivity contribution in [2.45, 2.75) is 45.4 Å². The molecule has 1 spiro atoms. The summed E-state index contributed by atoms with van der Waals surface area (Å²) in [7, 11) is 0. The Kier molecular flexibility index (Phi) is 6.17. The van der Waals surface area contributed by atoms with E-state index in [9.17, 15) is 9.59 Å². The maximum atomic E-state index is 12.6. The van der Waals surface area contributed by atoms with Crippen molar-refractivity contribution in [3.05, 3.63) is 30.3 Å². The molecule has 2 saturated heterocycles. The lowest BCUT2D eigenvalue weighted by atomic mass is 9.73. The van der Waals surface area contributed by atoms with Crippen LogP contribution in [-0.2, 0) is 9.59 Å². The Hall–Kier alpha value is -2.04. The van der Waals surface area contributed by atoms with Gasteiger partial charge < -0.3 is 14.5 Å². The van der Waals surface area contributed by atoms with E-state index in [2.05, 4.69) is 6.92 Å². The van der Waals surface area contributed by atoms with Crippen molar-refractivity contribution in [1.29, 1.82) is 0 Å². The van der Waals surface area contributed by atoms with Crippen molar-refractivity contribution in [1.82, 2.24) is 9.80 Å². The smallest absolute Gasteiger partial charge is 0.260 e. The van der Waals surface area contributed by atoms with Gasteiger partial charge in [0.2, 0.25) is 5.91 Å². The highest BCUT2D eigenvalue weighted by molar-refractivity contribution is 5.79. The average Bonchev–Trinajstić information content (AvgIpc) is 2.68. The summed E-state index contributed by atoms with van der Waals surface area (Å²) >= 11 is 0. The van der Waals surface area contributed by atoms with E-state index in [4.69, 9.17) is 4.74 Å². The van der Waals surface area contributed by atoms with Crippen LogP contribution in [0.1, 0.15) is 45.4 Å². The molecule has 0 aliphatic carbocycles. The van der Waals surface area contributed by atoms with E-state index in [1.807, 2.05) is 40.1 Å². The third-order valence-corrected chi connectivity index (χ3v) is 5.65. The second-order valence-corrected chi connectivity index (χ2v) is 7.69. The number of unbranched alkanes of at least 4 members (excludes halogenated alkanes) is 1. The minimum atomic E-state index is 0.0462. The molecular weight excluding hydrogens is 328 g/mol. The second kappa shape index (κ2) is 8.56. The molecule has 2 aliphatic heterocycles. The zero-order chi connectivity index (χ0) is 18.4. The molecule has 5 heteroatoms. The van der Waals surface area contributed by atoms with Crippen LogP contribution in [0.3, 0.4) is 0 Å². The highest BCUT2D eigenvalue weighted by Crippen LogP contribution is 2.39. The molecule has 26 heavy (non-hydrogen) atoms. The largest absolute Gasteiger partial charge is 0.484 e. The van der Waals surface area contributed by atoms with Crippen LogP contribution in [0.5, 0.6) is 5.75 Å². The van der Waals surface area contributed by atoms with Crippen molar-refractivity contribution in [3.8, 4) is 5.75 Å². The van der Waals surface area contributed by atoms with E-state index < -0.39 is 0 Å². The lowest BCUT2D eigenvalue weighted by Gasteiger charge is -2.48. The van der Waals surface area contributed by atoms with Gasteiger partial charge in [-0.1, -0.05) is 31.5 Å². The van der Waals surface area contributed by atoms with Crippen molar-refractivity contribution < 1.29 is 14.3 Å². The van der Waals surface area contributed by atoms with Crippen LogP contribution in [0, 0.1) is 5.41 Å². The Morgan fingerprint density at radius 3 is 2.77 bits per heavy atom. The maximum absolute atomic E-state index is 12.6. The Morgan fingerprint density at radius 1 is 1.19 bits per heavy atom. The standard InChI is InChI=1S/C21H30N2O3/c1-2-3-13-22-16-21(12-10-19(22)24)11-7-14-23(17-21)20(25)15-26-18-8-5-4-6-9-18/h4-6,8-9H,2-3,7,10-17H2,1H3/t21-/m0/s1. The minimum Gasteiger partial charge on any atom is -0.484 e. The third kappa shape index (κ3) is 4.57. The summed E-state index contributed by atoms with van der Waals surface area (Å²) in [6.07, 6.45) is 5.77. The van der Waals surface area contributed by atoms with E-state index in [1.165, 1.54) is 0 Å². The number of likely N-dealkylation sites (tertiary alicyclic amines) is 2. The molecule has 1 aromatic carbocycles. The number of para-hydroxylation sites is 1. The van der Waals surface area contributed by atoms with Crippen LogP contribution in [0.4, 0.5) is 0 Å². The third-order valence-electron chi connectivity index (χ3n) is 5.65. The Balaban J connectivity index is 1.57. The summed E-state index contributed by atoms with van der Waals surface area (Å²) in [6.45, 7) is 5.43. The number of nitrogens with zero attached hydrogens (tertiary/aromatic N) is 2. The Bertz CT molecular complexity index is 619. The average molecular weight is 358 g/mol. The van der Waals surface area contributed by atoms with Gasteiger partial charge in [-0.2, -0.15) is 0 Å². The summed E-state index contributed by atoms with van der Waals surface area (Å²) in [5, 5.41) is 0. The first-order valence-corrected chi connectivity index (χ1v) is 9.85. The number of amides is 2. The number of hydrogen-bond donors (Lipinski definition) is 0. The SMILES string of the molecule is CCCCN1C[C@]2(CCCN(C(=O)COc3ccccc3)C2)CCC1=O. The van der Waals surface area contributed by atoms with Gasteiger partial charge in [0.1, 0.15) is 5.75 Å². The maximum Gasteiger partial charge on any atom is 0.260 e. The summed E-state index contributed by atoms with van der Waals surface area (Å²) in [6, 6.07) is 9.46. The lowest BCUT2D eigenvalue weighted by Crippen LogP contribution is -2.55. The highest BCUT2D eigenvalue weighted by atomic mass is 16.5. The summed E-state index contributed by atoms with van der Waals surface area (Å²) in [5.41, 5.74) is 0.0717. The summed E-state index contributed by atoms with van der Waals surface area (Å²) in [4.78, 5) is 28.8. The first kappa shape index (κ1) is 18.7. The van der Waals surface area contributed by atoms with Crippen molar-refractivity contribution >= 4 is 11.8 Å². The Morgan fingerprint density at radius 2 is 2.00 bits per heavy atom. The fourth-order valence-corrected chi connectivity index (χ4v) is 4.16. The van der Waals surface area contributed by atoms with Crippen LogP contribution in [0.2, 0.25) is 0 Å². The van der Waals surface area contributed by atoms with E-state index in [1.54, 1.807) is 0 Å². The zero-order valence-electron chi connectivity index (χ0n) is 15.8. The summed E-state index contributed by atoms with van der Waals surface area (Å²) < 4.78 is 5.63. The van der Waals surface area contributed by atoms with Crippen molar-refractivity contribution in [2.24, 2.45) is 5.41 Å². The second-order valence-electron chi connectivity index (χ2n) is 7.69. The van der Waals surface area contributed by atoms with Crippen LogP contribution in [0.15, 0.2) is 30.3 Å². The van der Waals surface area contributed by atoms with E-state index in [-0.39, 0.29) is 23.8 Å². The van der Waals surface area contributed by atoms with E-state index >= 15 is 0 Å². The van der Waals surface area contributed by atoms with Gasteiger partial charge in [0, 0.05) is 38.0 Å². The molecule has 3 rings (SSSR count). The van der Waals surface area contributed by atoms with Gasteiger partial charge in [0.15, 0.2) is 6.61 Å². The van der Waals surface area contributed by atoms with Gasteiger partial charge in [-0.25, -0.2) is 0 Å². The molecule has 1 aromatic rings. The number of piperidine rings is 2. The van der Waals surface area contributed by atoms with Crippen LogP contribution in [0.25, 0.3) is 0 Å². The van der Waals surface area contributed by atoms with Gasteiger partial charge in [-0.15, -0.1) is 0 Å².